The average Bonchev–Trinajstić information content (AvgIpc) is 3.36. The van der Waals surface area contributed by atoms with Crippen LogP contribution in [0.2, 0.25) is 0 Å². The molecule has 0 unspecified atom stereocenters. The van der Waals surface area contributed by atoms with E-state index in [1.807, 2.05) is 24.0 Å². The van der Waals surface area contributed by atoms with Crippen molar-refractivity contribution in [1.29, 1.82) is 0 Å². The summed E-state index contributed by atoms with van der Waals surface area (Å²) < 4.78 is 24.9. The molecule has 3 aromatic rings. The predicted octanol–water partition coefficient (Wildman–Crippen LogP) is 3.66. The fourth-order valence-corrected chi connectivity index (χ4v) is 3.57. The Labute approximate surface area is 168 Å². The lowest BCUT2D eigenvalue weighted by Gasteiger charge is -2.34. The molecule has 3 heterocycles. The van der Waals surface area contributed by atoms with Gasteiger partial charge in [-0.25, -0.2) is 4.39 Å². The van der Waals surface area contributed by atoms with Crippen LogP contribution < -0.4 is 0 Å². The minimum absolute atomic E-state index is 0.115. The number of aryl methyl sites for hydroxylation is 2. The van der Waals surface area contributed by atoms with Crippen LogP contribution in [0, 0.1) is 12.7 Å². The number of carbonyl (C=O) groups excluding carboxylic acids is 1. The van der Waals surface area contributed by atoms with Crippen LogP contribution >= 0.6 is 0 Å². The molecule has 6 nitrogen and oxygen atoms in total. The third-order valence-corrected chi connectivity index (χ3v) is 5.17. The number of hydrogen-bond acceptors (Lipinski definition) is 5. The Morgan fingerprint density at radius 2 is 1.90 bits per heavy atom. The number of piperazine rings is 1. The Morgan fingerprint density at radius 3 is 2.62 bits per heavy atom. The number of benzene rings is 1. The van der Waals surface area contributed by atoms with E-state index in [1.54, 1.807) is 24.3 Å². The first kappa shape index (κ1) is 19.4. The molecule has 0 aliphatic carbocycles. The van der Waals surface area contributed by atoms with Gasteiger partial charge in [-0.1, -0.05) is 17.3 Å². The number of furan rings is 1. The molecule has 1 saturated heterocycles. The zero-order chi connectivity index (χ0) is 20.2. The highest BCUT2D eigenvalue weighted by Gasteiger charge is 2.22. The van der Waals surface area contributed by atoms with Crippen LogP contribution in [-0.4, -0.2) is 47.0 Å². The third-order valence-electron chi connectivity index (χ3n) is 5.17. The summed E-state index contributed by atoms with van der Waals surface area (Å²) in [6.07, 6.45) is 0.885. The topological polar surface area (TPSA) is 62.7 Å². The molecule has 1 aliphatic heterocycles. The van der Waals surface area contributed by atoms with Crippen molar-refractivity contribution in [2.45, 2.75) is 26.3 Å². The van der Waals surface area contributed by atoms with Crippen molar-refractivity contribution in [2.75, 3.05) is 26.2 Å². The second-order valence-corrected chi connectivity index (χ2v) is 7.34. The predicted molar refractivity (Wildman–Crippen MR) is 106 cm³/mol. The Morgan fingerprint density at radius 1 is 1.10 bits per heavy atom. The molecule has 0 radical (unpaired) electrons. The number of hydrogen-bond donors (Lipinski definition) is 0. The van der Waals surface area contributed by atoms with Gasteiger partial charge < -0.3 is 13.8 Å². The third kappa shape index (κ3) is 4.74. The van der Waals surface area contributed by atoms with Crippen molar-refractivity contribution < 1.29 is 18.1 Å². The van der Waals surface area contributed by atoms with E-state index in [4.69, 9.17) is 8.94 Å². The molecule has 4 rings (SSSR count). The first-order valence-corrected chi connectivity index (χ1v) is 9.84. The van der Waals surface area contributed by atoms with Crippen LogP contribution in [0.4, 0.5) is 4.39 Å². The molecular weight excluding hydrogens is 373 g/mol. The Bertz CT molecular complexity index is 973. The van der Waals surface area contributed by atoms with Crippen LogP contribution in [0.15, 0.2) is 51.4 Å². The summed E-state index contributed by atoms with van der Waals surface area (Å²) in [5.41, 5.74) is 1.31. The van der Waals surface area contributed by atoms with Gasteiger partial charge in [0.05, 0.1) is 17.8 Å². The molecule has 7 heteroatoms. The molecular formula is C22H24FN3O3. The molecule has 0 spiro atoms. The van der Waals surface area contributed by atoms with Crippen LogP contribution in [0.25, 0.3) is 11.3 Å². The molecule has 0 atom stereocenters. The Hall–Kier alpha value is -2.93. The van der Waals surface area contributed by atoms with Crippen molar-refractivity contribution in [3.8, 4) is 11.3 Å². The van der Waals surface area contributed by atoms with Gasteiger partial charge in [0.25, 0.3) is 0 Å². The van der Waals surface area contributed by atoms with Crippen molar-refractivity contribution in [3.63, 3.8) is 0 Å². The number of halogens is 1. The summed E-state index contributed by atoms with van der Waals surface area (Å²) >= 11 is 0. The molecule has 29 heavy (non-hydrogen) atoms. The van der Waals surface area contributed by atoms with Crippen molar-refractivity contribution >= 4 is 5.91 Å². The fraction of sp³-hybridized carbons (Fsp3) is 0.364. The zero-order valence-corrected chi connectivity index (χ0v) is 16.4. The lowest BCUT2D eigenvalue weighted by Crippen LogP contribution is -2.48. The van der Waals surface area contributed by atoms with E-state index in [0.717, 1.165) is 24.5 Å². The molecule has 0 saturated carbocycles. The molecule has 152 valence electrons. The van der Waals surface area contributed by atoms with Crippen LogP contribution in [0.5, 0.6) is 0 Å². The first-order valence-electron chi connectivity index (χ1n) is 9.84. The van der Waals surface area contributed by atoms with E-state index < -0.39 is 0 Å². The highest BCUT2D eigenvalue weighted by atomic mass is 19.1. The van der Waals surface area contributed by atoms with Gasteiger partial charge in [0.2, 0.25) is 5.91 Å². The Kier molecular flexibility index (Phi) is 5.76. The van der Waals surface area contributed by atoms with Gasteiger partial charge in [-0.05, 0) is 31.2 Å². The van der Waals surface area contributed by atoms with Crippen molar-refractivity contribution in [2.24, 2.45) is 0 Å². The van der Waals surface area contributed by atoms with Gasteiger partial charge in [0.15, 0.2) is 5.76 Å². The van der Waals surface area contributed by atoms with Gasteiger partial charge in [0.1, 0.15) is 17.3 Å². The standard InChI is InChI=1S/C22H24FN3O3/c1-16-14-18(29-24-16)15-25-10-12-26(13-11-25)22(27)9-7-17-6-8-21(28-17)19-4-2-3-5-20(19)23/h2-6,8,14H,7,9-13,15H2,1H3. The van der Waals surface area contributed by atoms with Crippen LogP contribution in [-0.2, 0) is 17.8 Å². The van der Waals surface area contributed by atoms with Gasteiger partial charge >= 0.3 is 0 Å². The van der Waals surface area contributed by atoms with Crippen LogP contribution in [0.1, 0.15) is 23.6 Å². The summed E-state index contributed by atoms with van der Waals surface area (Å²) in [7, 11) is 0. The number of nitrogens with zero attached hydrogens (tertiary/aromatic N) is 3. The summed E-state index contributed by atoms with van der Waals surface area (Å²) in [5, 5.41) is 3.91. The van der Waals surface area contributed by atoms with E-state index in [1.165, 1.54) is 6.07 Å². The SMILES string of the molecule is Cc1cc(CN2CCN(C(=O)CCc3ccc(-c4ccccc4F)o3)CC2)on1. The van der Waals surface area contributed by atoms with Crippen molar-refractivity contribution in [3.05, 3.63) is 65.5 Å². The highest BCUT2D eigenvalue weighted by molar-refractivity contribution is 5.76. The summed E-state index contributed by atoms with van der Waals surface area (Å²) in [4.78, 5) is 16.7. The normalized spacial score (nSPS) is 15.0. The largest absolute Gasteiger partial charge is 0.461 e. The molecule has 1 aliphatic rings. The lowest BCUT2D eigenvalue weighted by atomic mass is 10.1. The van der Waals surface area contributed by atoms with Gasteiger partial charge in [-0.3, -0.25) is 9.69 Å². The minimum atomic E-state index is -0.317. The summed E-state index contributed by atoms with van der Waals surface area (Å²) in [6, 6.07) is 12.0. The maximum atomic E-state index is 13.9. The fourth-order valence-electron chi connectivity index (χ4n) is 3.57. The van der Waals surface area contributed by atoms with Gasteiger partial charge in [-0.2, -0.15) is 0 Å². The van der Waals surface area contributed by atoms with E-state index in [0.29, 0.717) is 49.6 Å². The van der Waals surface area contributed by atoms with Gasteiger partial charge in [-0.15, -0.1) is 0 Å². The molecule has 1 fully saturated rings. The van der Waals surface area contributed by atoms with E-state index in [2.05, 4.69) is 10.1 Å². The molecule has 2 aromatic heterocycles. The van der Waals surface area contributed by atoms with E-state index in [-0.39, 0.29) is 11.7 Å². The summed E-state index contributed by atoms with van der Waals surface area (Å²) in [5.74, 6) is 1.83. The molecule has 1 aromatic carbocycles. The monoisotopic (exact) mass is 397 g/mol. The number of amides is 1. The highest BCUT2D eigenvalue weighted by Crippen LogP contribution is 2.25. The molecule has 1 amide bonds. The number of carbonyl (C=O) groups is 1. The lowest BCUT2D eigenvalue weighted by molar-refractivity contribution is -0.133. The second-order valence-electron chi connectivity index (χ2n) is 7.34. The van der Waals surface area contributed by atoms with E-state index >= 15 is 0 Å². The van der Waals surface area contributed by atoms with E-state index in [9.17, 15) is 9.18 Å². The average molecular weight is 397 g/mol. The second kappa shape index (κ2) is 8.61. The molecule has 0 N–H and O–H groups in total. The quantitative estimate of drug-likeness (QED) is 0.635. The maximum Gasteiger partial charge on any atom is 0.223 e. The number of aromatic nitrogens is 1. The maximum absolute atomic E-state index is 13.9. The summed E-state index contributed by atoms with van der Waals surface area (Å²) in [6.45, 7) is 5.64. The number of rotatable bonds is 6. The smallest absolute Gasteiger partial charge is 0.223 e. The van der Waals surface area contributed by atoms with Gasteiger partial charge in [0, 0.05) is 45.1 Å². The van der Waals surface area contributed by atoms with Crippen LogP contribution in [0.3, 0.4) is 0 Å². The minimum Gasteiger partial charge on any atom is -0.461 e. The molecule has 0 bridgehead atoms. The first-order chi connectivity index (χ1) is 14.1. The Balaban J connectivity index is 1.25. The van der Waals surface area contributed by atoms with Crippen molar-refractivity contribution in [1.82, 2.24) is 15.0 Å². The zero-order valence-electron chi connectivity index (χ0n) is 16.4.